The molecule has 2 rings (SSSR count). The maximum atomic E-state index is 11.7. The van der Waals surface area contributed by atoms with Crippen LogP contribution in [0.25, 0.3) is 0 Å². The molecule has 5 nitrogen and oxygen atoms in total. The Bertz CT molecular complexity index is 925. The summed E-state index contributed by atoms with van der Waals surface area (Å²) in [6, 6.07) is 17.6. The van der Waals surface area contributed by atoms with E-state index in [1.807, 2.05) is 48.5 Å². The summed E-state index contributed by atoms with van der Waals surface area (Å²) in [5.41, 5.74) is 2.62. The van der Waals surface area contributed by atoms with Gasteiger partial charge < -0.3 is 5.32 Å². The molecule has 2 aromatic rings. The van der Waals surface area contributed by atoms with Crippen LogP contribution in [0.1, 0.15) is 50.2 Å². The first-order valence-corrected chi connectivity index (χ1v) is 11.7. The molecule has 156 valence electrons. The number of unbranched alkanes of at least 4 members (excludes halogenated alkanes) is 2. The molecule has 0 aromatic heterocycles. The van der Waals surface area contributed by atoms with Gasteiger partial charge in [0.2, 0.25) is 10.0 Å². The van der Waals surface area contributed by atoms with Crippen LogP contribution in [0.5, 0.6) is 0 Å². The van der Waals surface area contributed by atoms with E-state index in [0.29, 0.717) is 11.6 Å². The van der Waals surface area contributed by atoms with Crippen LogP contribution in [0.3, 0.4) is 0 Å². The predicted octanol–water partition coefficient (Wildman–Crippen LogP) is 4.91. The Morgan fingerprint density at radius 3 is 2.34 bits per heavy atom. The molecular formula is C22H28ClN3O2S. The first-order chi connectivity index (χ1) is 13.8. The smallest absolute Gasteiger partial charge is 0.213 e. The number of rotatable bonds is 11. The van der Waals surface area contributed by atoms with Gasteiger partial charge in [0, 0.05) is 23.8 Å². The highest BCUT2D eigenvalue weighted by molar-refractivity contribution is 7.90. The molecule has 2 aromatic carbocycles. The Hall–Kier alpha value is -2.07. The van der Waals surface area contributed by atoms with E-state index in [4.69, 9.17) is 11.6 Å². The quantitative estimate of drug-likeness (QED) is 0.493. The average Bonchev–Trinajstić information content (AvgIpc) is 2.70. The van der Waals surface area contributed by atoms with Crippen LogP contribution in [0.4, 0.5) is 5.69 Å². The van der Waals surface area contributed by atoms with Gasteiger partial charge in [0.25, 0.3) is 0 Å². The van der Waals surface area contributed by atoms with Gasteiger partial charge >= 0.3 is 0 Å². The molecule has 0 amide bonds. The monoisotopic (exact) mass is 433 g/mol. The van der Waals surface area contributed by atoms with Crippen molar-refractivity contribution < 1.29 is 8.42 Å². The summed E-state index contributed by atoms with van der Waals surface area (Å²) >= 11 is 6.45. The molecular weight excluding hydrogens is 406 g/mol. The lowest BCUT2D eigenvalue weighted by molar-refractivity contribution is 0.566. The summed E-state index contributed by atoms with van der Waals surface area (Å²) < 4.78 is 26.0. The van der Waals surface area contributed by atoms with Crippen LogP contribution in [0, 0.1) is 11.3 Å². The minimum atomic E-state index is -3.18. The Morgan fingerprint density at radius 1 is 1.03 bits per heavy atom. The minimum absolute atomic E-state index is 0.396. The summed E-state index contributed by atoms with van der Waals surface area (Å²) in [7, 11) is -3.18. The normalized spacial score (nSPS) is 12.5. The second-order valence-electron chi connectivity index (χ2n) is 7.18. The molecule has 0 radical (unpaired) electrons. The van der Waals surface area contributed by atoms with E-state index in [2.05, 4.69) is 16.1 Å². The predicted molar refractivity (Wildman–Crippen MR) is 120 cm³/mol. The van der Waals surface area contributed by atoms with Gasteiger partial charge in [-0.25, -0.2) is 13.1 Å². The van der Waals surface area contributed by atoms with Crippen molar-refractivity contribution in [2.45, 2.75) is 44.3 Å². The Morgan fingerprint density at radius 2 is 1.72 bits per heavy atom. The number of hydrogen-bond donors (Lipinski definition) is 2. The molecule has 29 heavy (non-hydrogen) atoms. The van der Waals surface area contributed by atoms with E-state index in [-0.39, 0.29) is 0 Å². The molecule has 1 unspecified atom stereocenters. The topological polar surface area (TPSA) is 82.0 Å². The first kappa shape index (κ1) is 23.2. The van der Waals surface area contributed by atoms with Gasteiger partial charge in [0.05, 0.1) is 17.2 Å². The number of benzene rings is 2. The van der Waals surface area contributed by atoms with Crippen LogP contribution in [0.2, 0.25) is 5.02 Å². The highest BCUT2D eigenvalue weighted by atomic mass is 35.5. The molecule has 1 atom stereocenters. The third kappa shape index (κ3) is 7.04. The van der Waals surface area contributed by atoms with Gasteiger partial charge in [-0.15, -0.1) is 0 Å². The zero-order chi connectivity index (χ0) is 21.3. The number of nitrogens with one attached hydrogen (secondary N) is 2. The first-order valence-electron chi connectivity index (χ1n) is 9.81. The lowest BCUT2D eigenvalue weighted by Crippen LogP contribution is -2.31. The summed E-state index contributed by atoms with van der Waals surface area (Å²) in [6.45, 7) is 4.58. The number of nitrogens with zero attached hydrogens (tertiary/aromatic N) is 1. The summed E-state index contributed by atoms with van der Waals surface area (Å²) in [4.78, 5) is 0. The van der Waals surface area contributed by atoms with Gasteiger partial charge in [-0.2, -0.15) is 5.26 Å². The van der Waals surface area contributed by atoms with Crippen LogP contribution in [0.15, 0.2) is 48.5 Å². The van der Waals surface area contributed by atoms with Crippen molar-refractivity contribution >= 4 is 27.3 Å². The lowest BCUT2D eigenvalue weighted by Gasteiger charge is -2.14. The van der Waals surface area contributed by atoms with Gasteiger partial charge in [0.15, 0.2) is 0 Å². The molecule has 7 heteroatoms. The highest BCUT2D eigenvalue weighted by Gasteiger charge is 2.16. The molecule has 0 fully saturated rings. The van der Waals surface area contributed by atoms with Gasteiger partial charge in [-0.1, -0.05) is 54.4 Å². The fourth-order valence-corrected chi connectivity index (χ4v) is 3.93. The molecule has 0 aliphatic heterocycles. The molecule has 0 bridgehead atoms. The molecule has 2 N–H and O–H groups in total. The van der Waals surface area contributed by atoms with Crippen LogP contribution >= 0.6 is 11.6 Å². The van der Waals surface area contributed by atoms with Crippen LogP contribution < -0.4 is 10.0 Å². The SMILES string of the molecule is CC(C)S(=O)(=O)NCCCCCNc1ccc(C(C#N)c2ccccc2)c(Cl)c1. The van der Waals surface area contributed by atoms with E-state index >= 15 is 0 Å². The van der Waals surface area contributed by atoms with Crippen molar-refractivity contribution in [3.8, 4) is 6.07 Å². The Balaban J connectivity index is 1.80. The van der Waals surface area contributed by atoms with Crippen LogP contribution in [-0.2, 0) is 10.0 Å². The zero-order valence-electron chi connectivity index (χ0n) is 16.9. The summed E-state index contributed by atoms with van der Waals surface area (Å²) in [6.07, 6.45) is 2.64. The largest absolute Gasteiger partial charge is 0.385 e. The Labute approximate surface area is 179 Å². The second-order valence-corrected chi connectivity index (χ2v) is 9.91. The van der Waals surface area contributed by atoms with E-state index in [0.717, 1.165) is 42.6 Å². The van der Waals surface area contributed by atoms with Crippen molar-refractivity contribution in [3.63, 3.8) is 0 Å². The average molecular weight is 434 g/mol. The maximum Gasteiger partial charge on any atom is 0.213 e. The minimum Gasteiger partial charge on any atom is -0.385 e. The number of hydrogen-bond acceptors (Lipinski definition) is 4. The number of nitriles is 1. The van der Waals surface area contributed by atoms with Gasteiger partial charge in [-0.3, -0.25) is 0 Å². The third-order valence-electron chi connectivity index (χ3n) is 4.68. The zero-order valence-corrected chi connectivity index (χ0v) is 18.4. The van der Waals surface area contributed by atoms with E-state index in [1.165, 1.54) is 0 Å². The van der Waals surface area contributed by atoms with E-state index in [1.54, 1.807) is 13.8 Å². The number of anilines is 1. The number of halogens is 1. The number of sulfonamides is 1. The van der Waals surface area contributed by atoms with Crippen molar-refractivity contribution in [1.82, 2.24) is 4.72 Å². The third-order valence-corrected chi connectivity index (χ3v) is 6.86. The van der Waals surface area contributed by atoms with Crippen molar-refractivity contribution in [3.05, 3.63) is 64.7 Å². The van der Waals surface area contributed by atoms with Gasteiger partial charge in [0.1, 0.15) is 0 Å². The molecule has 0 heterocycles. The Kier molecular flexibility index (Phi) is 8.97. The molecule has 0 aliphatic rings. The summed E-state index contributed by atoms with van der Waals surface area (Å²) in [5.74, 6) is -0.396. The molecule has 0 saturated carbocycles. The van der Waals surface area contributed by atoms with E-state index < -0.39 is 21.2 Å². The molecule has 0 aliphatic carbocycles. The van der Waals surface area contributed by atoms with Crippen molar-refractivity contribution in [2.24, 2.45) is 0 Å². The van der Waals surface area contributed by atoms with E-state index in [9.17, 15) is 13.7 Å². The highest BCUT2D eigenvalue weighted by Crippen LogP contribution is 2.31. The second kappa shape index (κ2) is 11.2. The lowest BCUT2D eigenvalue weighted by atomic mass is 9.92. The maximum absolute atomic E-state index is 11.7. The molecule has 0 spiro atoms. The summed E-state index contributed by atoms with van der Waals surface area (Å²) in [5, 5.41) is 13.1. The fourth-order valence-electron chi connectivity index (χ4n) is 2.88. The fraction of sp³-hybridized carbons (Fsp3) is 0.409. The van der Waals surface area contributed by atoms with Crippen molar-refractivity contribution in [2.75, 3.05) is 18.4 Å². The molecule has 0 saturated heterocycles. The van der Waals surface area contributed by atoms with Crippen LogP contribution in [-0.4, -0.2) is 26.8 Å². The van der Waals surface area contributed by atoms with Crippen molar-refractivity contribution in [1.29, 1.82) is 5.26 Å². The standard InChI is InChI=1S/C22H28ClN3O2S/c1-17(2)29(27,28)26-14-8-4-7-13-25-19-11-12-20(22(23)15-19)21(16-24)18-9-5-3-6-10-18/h3,5-6,9-12,15,17,21,25-26H,4,7-8,13-14H2,1-2H3. The van der Waals surface area contributed by atoms with Gasteiger partial charge in [-0.05, 0) is 49.9 Å².